The standard InChI is InChI=1S/C20H24N2O4/c1-2-19(24)22-16-9-6-10-18(12-16)26-14-20(25)21-13-17(23)11-15-7-4-3-5-8-15/h3-10,12,17,23H,2,11,13-14H2,1H3,(H,21,25)(H,22,24). The molecular formula is C20H24N2O4. The molecule has 0 aliphatic carbocycles. The maximum absolute atomic E-state index is 11.9. The van der Waals surface area contributed by atoms with E-state index >= 15 is 0 Å². The lowest BCUT2D eigenvalue weighted by Crippen LogP contribution is -2.36. The summed E-state index contributed by atoms with van der Waals surface area (Å²) in [5.74, 6) is 0.0753. The number of anilines is 1. The normalized spacial score (nSPS) is 11.5. The number of hydrogen-bond donors (Lipinski definition) is 3. The zero-order valence-electron chi connectivity index (χ0n) is 14.8. The first-order valence-corrected chi connectivity index (χ1v) is 8.58. The molecule has 138 valence electrons. The van der Waals surface area contributed by atoms with Crippen molar-refractivity contribution in [1.29, 1.82) is 0 Å². The Labute approximate surface area is 153 Å². The second-order valence-corrected chi connectivity index (χ2v) is 5.87. The minimum absolute atomic E-state index is 0.0905. The number of nitrogens with one attached hydrogen (secondary N) is 2. The molecule has 0 heterocycles. The van der Waals surface area contributed by atoms with Crippen molar-refractivity contribution in [2.45, 2.75) is 25.9 Å². The predicted octanol–water partition coefficient (Wildman–Crippen LogP) is 2.13. The molecule has 2 aromatic rings. The molecule has 0 saturated carbocycles. The number of carbonyl (C=O) groups is 2. The Morgan fingerprint density at radius 1 is 1.08 bits per heavy atom. The van der Waals surface area contributed by atoms with E-state index in [1.807, 2.05) is 30.3 Å². The molecule has 0 radical (unpaired) electrons. The van der Waals surface area contributed by atoms with Gasteiger partial charge in [0.25, 0.3) is 5.91 Å². The van der Waals surface area contributed by atoms with Crippen molar-refractivity contribution in [3.05, 3.63) is 60.2 Å². The summed E-state index contributed by atoms with van der Waals surface area (Å²) >= 11 is 0. The van der Waals surface area contributed by atoms with Crippen LogP contribution in [0.15, 0.2) is 54.6 Å². The third-order valence-electron chi connectivity index (χ3n) is 3.66. The maximum atomic E-state index is 11.9. The summed E-state index contributed by atoms with van der Waals surface area (Å²) in [5.41, 5.74) is 1.63. The fraction of sp³-hybridized carbons (Fsp3) is 0.300. The number of amides is 2. The van der Waals surface area contributed by atoms with E-state index in [0.717, 1.165) is 5.56 Å². The molecule has 3 N–H and O–H groups in total. The number of carbonyl (C=O) groups excluding carboxylic acids is 2. The molecule has 0 bridgehead atoms. The molecule has 0 saturated heterocycles. The number of aliphatic hydroxyl groups is 1. The van der Waals surface area contributed by atoms with Crippen LogP contribution in [-0.2, 0) is 16.0 Å². The molecule has 2 amide bonds. The molecule has 0 aromatic heterocycles. The molecule has 26 heavy (non-hydrogen) atoms. The highest BCUT2D eigenvalue weighted by Gasteiger charge is 2.09. The van der Waals surface area contributed by atoms with E-state index in [-0.39, 0.29) is 25.0 Å². The third kappa shape index (κ3) is 6.94. The molecule has 1 unspecified atom stereocenters. The number of rotatable bonds is 9. The van der Waals surface area contributed by atoms with Gasteiger partial charge < -0.3 is 20.5 Å². The SMILES string of the molecule is CCC(=O)Nc1cccc(OCC(=O)NCC(O)Cc2ccccc2)c1. The Kier molecular flexibility index (Phi) is 7.64. The first-order chi connectivity index (χ1) is 12.6. The molecule has 0 aliphatic heterocycles. The van der Waals surface area contributed by atoms with Crippen LogP contribution >= 0.6 is 0 Å². The summed E-state index contributed by atoms with van der Waals surface area (Å²) in [6.45, 7) is 1.76. The summed E-state index contributed by atoms with van der Waals surface area (Å²) < 4.78 is 5.43. The lowest BCUT2D eigenvalue weighted by atomic mass is 10.1. The van der Waals surface area contributed by atoms with Gasteiger partial charge in [-0.15, -0.1) is 0 Å². The molecule has 1 atom stereocenters. The van der Waals surface area contributed by atoms with E-state index in [1.54, 1.807) is 31.2 Å². The van der Waals surface area contributed by atoms with Gasteiger partial charge in [0, 0.05) is 31.1 Å². The average molecular weight is 356 g/mol. The average Bonchev–Trinajstić information content (AvgIpc) is 2.65. The summed E-state index contributed by atoms with van der Waals surface area (Å²) in [4.78, 5) is 23.3. The van der Waals surface area contributed by atoms with Crippen molar-refractivity contribution in [1.82, 2.24) is 5.32 Å². The first kappa shape index (κ1) is 19.5. The smallest absolute Gasteiger partial charge is 0.258 e. The van der Waals surface area contributed by atoms with Gasteiger partial charge in [-0.3, -0.25) is 9.59 Å². The van der Waals surface area contributed by atoms with Crippen molar-refractivity contribution in [3.63, 3.8) is 0 Å². The maximum Gasteiger partial charge on any atom is 0.258 e. The number of aliphatic hydroxyl groups excluding tert-OH is 1. The van der Waals surface area contributed by atoms with Crippen LogP contribution in [0.1, 0.15) is 18.9 Å². The van der Waals surface area contributed by atoms with Crippen LogP contribution in [0.4, 0.5) is 5.69 Å². The number of hydrogen-bond acceptors (Lipinski definition) is 4. The molecular weight excluding hydrogens is 332 g/mol. The molecule has 0 aliphatic rings. The van der Waals surface area contributed by atoms with Gasteiger partial charge in [0.05, 0.1) is 6.10 Å². The topological polar surface area (TPSA) is 87.7 Å². The van der Waals surface area contributed by atoms with E-state index in [9.17, 15) is 14.7 Å². The van der Waals surface area contributed by atoms with Crippen LogP contribution in [0.3, 0.4) is 0 Å². The Bertz CT molecular complexity index is 719. The molecule has 0 fully saturated rings. The first-order valence-electron chi connectivity index (χ1n) is 8.58. The van der Waals surface area contributed by atoms with Gasteiger partial charge >= 0.3 is 0 Å². The third-order valence-corrected chi connectivity index (χ3v) is 3.66. The fourth-order valence-electron chi connectivity index (χ4n) is 2.30. The van der Waals surface area contributed by atoms with Crippen LogP contribution in [-0.4, -0.2) is 36.2 Å². The van der Waals surface area contributed by atoms with Crippen molar-refractivity contribution in [3.8, 4) is 5.75 Å². The second kappa shape index (κ2) is 10.2. The minimum Gasteiger partial charge on any atom is -0.484 e. The predicted molar refractivity (Wildman–Crippen MR) is 100 cm³/mol. The van der Waals surface area contributed by atoms with Crippen LogP contribution in [0, 0.1) is 0 Å². The lowest BCUT2D eigenvalue weighted by Gasteiger charge is -2.13. The van der Waals surface area contributed by atoms with Gasteiger partial charge in [-0.1, -0.05) is 43.3 Å². The van der Waals surface area contributed by atoms with E-state index in [2.05, 4.69) is 10.6 Å². The van der Waals surface area contributed by atoms with E-state index < -0.39 is 6.10 Å². The molecule has 0 spiro atoms. The van der Waals surface area contributed by atoms with Crippen molar-refractivity contribution >= 4 is 17.5 Å². The van der Waals surface area contributed by atoms with Crippen molar-refractivity contribution in [2.75, 3.05) is 18.5 Å². The highest BCUT2D eigenvalue weighted by Crippen LogP contribution is 2.17. The van der Waals surface area contributed by atoms with Crippen LogP contribution in [0.5, 0.6) is 5.75 Å². The van der Waals surface area contributed by atoms with Crippen LogP contribution in [0.25, 0.3) is 0 Å². The highest BCUT2D eigenvalue weighted by molar-refractivity contribution is 5.90. The summed E-state index contributed by atoms with van der Waals surface area (Å²) in [5, 5.41) is 15.4. The highest BCUT2D eigenvalue weighted by atomic mass is 16.5. The zero-order chi connectivity index (χ0) is 18.8. The van der Waals surface area contributed by atoms with Gasteiger partial charge in [0.1, 0.15) is 5.75 Å². The largest absolute Gasteiger partial charge is 0.484 e. The van der Waals surface area contributed by atoms with Gasteiger partial charge in [-0.05, 0) is 17.7 Å². The summed E-state index contributed by atoms with van der Waals surface area (Å²) in [6.07, 6.45) is 0.203. The summed E-state index contributed by atoms with van der Waals surface area (Å²) in [7, 11) is 0. The molecule has 6 heteroatoms. The Balaban J connectivity index is 1.73. The fourth-order valence-corrected chi connectivity index (χ4v) is 2.30. The lowest BCUT2D eigenvalue weighted by molar-refractivity contribution is -0.123. The monoisotopic (exact) mass is 356 g/mol. The number of benzene rings is 2. The zero-order valence-corrected chi connectivity index (χ0v) is 14.8. The molecule has 2 rings (SSSR count). The minimum atomic E-state index is -0.658. The second-order valence-electron chi connectivity index (χ2n) is 5.87. The van der Waals surface area contributed by atoms with Gasteiger partial charge in [-0.25, -0.2) is 0 Å². The Morgan fingerprint density at radius 2 is 1.85 bits per heavy atom. The quantitative estimate of drug-likeness (QED) is 0.642. The number of ether oxygens (including phenoxy) is 1. The van der Waals surface area contributed by atoms with Crippen LogP contribution < -0.4 is 15.4 Å². The molecule has 2 aromatic carbocycles. The Morgan fingerprint density at radius 3 is 2.58 bits per heavy atom. The van der Waals surface area contributed by atoms with Crippen LogP contribution in [0.2, 0.25) is 0 Å². The van der Waals surface area contributed by atoms with E-state index in [4.69, 9.17) is 4.74 Å². The van der Waals surface area contributed by atoms with Gasteiger partial charge in [-0.2, -0.15) is 0 Å². The Hall–Kier alpha value is -2.86. The van der Waals surface area contributed by atoms with Crippen molar-refractivity contribution < 1.29 is 19.4 Å². The molecule has 6 nitrogen and oxygen atoms in total. The summed E-state index contributed by atoms with van der Waals surface area (Å²) in [6, 6.07) is 16.4. The van der Waals surface area contributed by atoms with E-state index in [1.165, 1.54) is 0 Å². The van der Waals surface area contributed by atoms with Gasteiger partial charge in [0.15, 0.2) is 6.61 Å². The van der Waals surface area contributed by atoms with E-state index in [0.29, 0.717) is 24.3 Å². The van der Waals surface area contributed by atoms with Crippen molar-refractivity contribution in [2.24, 2.45) is 0 Å². The van der Waals surface area contributed by atoms with Gasteiger partial charge in [0.2, 0.25) is 5.91 Å².